The highest BCUT2D eigenvalue weighted by Crippen LogP contribution is 2.27. The third-order valence-electron chi connectivity index (χ3n) is 3.67. The molecule has 1 saturated heterocycles. The molecule has 1 fully saturated rings. The summed E-state index contributed by atoms with van der Waals surface area (Å²) < 4.78 is 16.7. The minimum Gasteiger partial charge on any atom is -0.466 e. The Kier molecular flexibility index (Phi) is 5.70. The van der Waals surface area contributed by atoms with E-state index in [1.807, 2.05) is 18.2 Å². The zero-order chi connectivity index (χ0) is 15.2. The van der Waals surface area contributed by atoms with Crippen molar-refractivity contribution >= 4 is 11.8 Å². The van der Waals surface area contributed by atoms with Gasteiger partial charge in [0.25, 0.3) is 0 Å². The Balaban J connectivity index is 1.94. The predicted molar refractivity (Wildman–Crippen MR) is 76.8 cm³/mol. The van der Waals surface area contributed by atoms with Crippen molar-refractivity contribution in [3.8, 4) is 0 Å². The van der Waals surface area contributed by atoms with Crippen molar-refractivity contribution in [1.82, 2.24) is 0 Å². The van der Waals surface area contributed by atoms with Gasteiger partial charge in [0, 0.05) is 19.8 Å². The molecule has 2 aliphatic heterocycles. The maximum atomic E-state index is 12.1. The second-order valence-electron chi connectivity index (χ2n) is 5.35. The van der Waals surface area contributed by atoms with Gasteiger partial charge < -0.3 is 14.2 Å². The van der Waals surface area contributed by atoms with Gasteiger partial charge in [-0.25, -0.2) is 0 Å². The van der Waals surface area contributed by atoms with Gasteiger partial charge in [0.1, 0.15) is 12.2 Å². The average molecular weight is 294 g/mol. The molecule has 2 heterocycles. The Morgan fingerprint density at radius 2 is 2.29 bits per heavy atom. The van der Waals surface area contributed by atoms with Gasteiger partial charge in [0.2, 0.25) is 0 Å². The van der Waals surface area contributed by atoms with Crippen molar-refractivity contribution in [1.29, 1.82) is 0 Å². The number of carbonyl (C=O) groups is 2. The van der Waals surface area contributed by atoms with Gasteiger partial charge in [-0.1, -0.05) is 18.2 Å². The van der Waals surface area contributed by atoms with Crippen LogP contribution in [0, 0.1) is 0 Å². The summed E-state index contributed by atoms with van der Waals surface area (Å²) in [6, 6.07) is 0. The lowest BCUT2D eigenvalue weighted by Crippen LogP contribution is -2.38. The van der Waals surface area contributed by atoms with E-state index in [2.05, 4.69) is 6.58 Å². The van der Waals surface area contributed by atoms with E-state index in [9.17, 15) is 9.59 Å². The van der Waals surface area contributed by atoms with Crippen LogP contribution in [0.5, 0.6) is 0 Å². The summed E-state index contributed by atoms with van der Waals surface area (Å²) in [7, 11) is 0. The van der Waals surface area contributed by atoms with Crippen LogP contribution in [0.2, 0.25) is 0 Å². The van der Waals surface area contributed by atoms with Crippen LogP contribution in [-0.2, 0) is 23.8 Å². The lowest BCUT2D eigenvalue weighted by Gasteiger charge is -2.31. The summed E-state index contributed by atoms with van der Waals surface area (Å²) in [6.45, 7) is 5.26. The quantitative estimate of drug-likeness (QED) is 0.573. The average Bonchev–Trinajstić information content (AvgIpc) is 2.59. The number of hydrogen-bond acceptors (Lipinski definition) is 5. The number of ketones is 1. The molecule has 2 aliphatic rings. The third-order valence-corrected chi connectivity index (χ3v) is 3.67. The van der Waals surface area contributed by atoms with Crippen LogP contribution >= 0.6 is 0 Å². The summed E-state index contributed by atoms with van der Waals surface area (Å²) in [5.41, 5.74) is 0. The van der Waals surface area contributed by atoms with E-state index in [0.29, 0.717) is 19.3 Å². The first-order valence-corrected chi connectivity index (χ1v) is 7.36. The summed E-state index contributed by atoms with van der Waals surface area (Å²) in [5, 5.41) is 0. The molecule has 0 aromatic heterocycles. The fourth-order valence-electron chi connectivity index (χ4n) is 2.62. The Labute approximate surface area is 124 Å². The minimum absolute atomic E-state index is 0.0139. The van der Waals surface area contributed by atoms with E-state index in [-0.39, 0.29) is 36.7 Å². The fourth-order valence-corrected chi connectivity index (χ4v) is 2.62. The first-order valence-electron chi connectivity index (χ1n) is 7.36. The van der Waals surface area contributed by atoms with Gasteiger partial charge in [0.05, 0.1) is 18.8 Å². The van der Waals surface area contributed by atoms with Gasteiger partial charge >= 0.3 is 5.97 Å². The van der Waals surface area contributed by atoms with Gasteiger partial charge in [-0.15, -0.1) is 6.58 Å². The third kappa shape index (κ3) is 4.51. The van der Waals surface area contributed by atoms with E-state index in [4.69, 9.17) is 14.2 Å². The second kappa shape index (κ2) is 7.52. The topological polar surface area (TPSA) is 61.8 Å². The maximum Gasteiger partial charge on any atom is 0.302 e. The first kappa shape index (κ1) is 15.9. The van der Waals surface area contributed by atoms with Crippen molar-refractivity contribution in [3.63, 3.8) is 0 Å². The van der Waals surface area contributed by atoms with Crippen molar-refractivity contribution in [2.75, 3.05) is 6.61 Å². The highest BCUT2D eigenvalue weighted by Gasteiger charge is 2.35. The standard InChI is InChI=1S/C16H22O5/c1-3-4-12-5-7-16-15(20-12)8-6-13(18)14(21-16)9-10-19-11(2)17/h3,5,7,12,14-16H,1,4,6,8-10H2,2H3/t12-,14-,15-,16+/m0/s1. The molecule has 0 aromatic carbocycles. The monoisotopic (exact) mass is 294 g/mol. The molecule has 0 aliphatic carbocycles. The number of rotatable bonds is 5. The molecular formula is C16H22O5. The predicted octanol–water partition coefficient (Wildman–Crippen LogP) is 1.96. The molecule has 4 atom stereocenters. The van der Waals surface area contributed by atoms with Crippen molar-refractivity contribution in [2.24, 2.45) is 0 Å². The van der Waals surface area contributed by atoms with Crippen molar-refractivity contribution < 1.29 is 23.8 Å². The second-order valence-corrected chi connectivity index (χ2v) is 5.35. The Morgan fingerprint density at radius 1 is 1.48 bits per heavy atom. The summed E-state index contributed by atoms with van der Waals surface area (Å²) in [5.74, 6) is -0.295. The summed E-state index contributed by atoms with van der Waals surface area (Å²) in [4.78, 5) is 22.9. The number of ether oxygens (including phenoxy) is 3. The molecule has 0 aromatic rings. The molecule has 0 saturated carbocycles. The normalized spacial score (nSPS) is 32.1. The molecule has 116 valence electrons. The van der Waals surface area contributed by atoms with Crippen molar-refractivity contribution in [3.05, 3.63) is 24.8 Å². The summed E-state index contributed by atoms with van der Waals surface area (Å²) in [6.07, 6.45) is 7.17. The molecule has 0 amide bonds. The smallest absolute Gasteiger partial charge is 0.302 e. The van der Waals surface area contributed by atoms with E-state index in [1.165, 1.54) is 6.92 Å². The largest absolute Gasteiger partial charge is 0.466 e. The lowest BCUT2D eigenvalue weighted by molar-refractivity contribution is -0.146. The van der Waals surface area contributed by atoms with E-state index in [0.717, 1.165) is 6.42 Å². The Morgan fingerprint density at radius 3 is 3.00 bits per heavy atom. The maximum absolute atomic E-state index is 12.1. The Hall–Kier alpha value is -1.46. The molecule has 0 spiro atoms. The van der Waals surface area contributed by atoms with Gasteiger partial charge in [-0.05, 0) is 12.8 Å². The molecule has 0 N–H and O–H groups in total. The molecule has 5 heteroatoms. The van der Waals surface area contributed by atoms with Crippen LogP contribution < -0.4 is 0 Å². The van der Waals surface area contributed by atoms with E-state index < -0.39 is 6.10 Å². The van der Waals surface area contributed by atoms with Crippen LogP contribution in [0.3, 0.4) is 0 Å². The number of esters is 1. The molecule has 0 bridgehead atoms. The summed E-state index contributed by atoms with van der Waals surface area (Å²) >= 11 is 0. The van der Waals surface area contributed by atoms with Gasteiger partial charge in [-0.3, -0.25) is 9.59 Å². The number of carbonyl (C=O) groups excluding carboxylic acids is 2. The molecule has 5 nitrogen and oxygen atoms in total. The van der Waals surface area contributed by atoms with Crippen LogP contribution in [0.1, 0.15) is 32.6 Å². The van der Waals surface area contributed by atoms with E-state index >= 15 is 0 Å². The number of hydrogen-bond donors (Lipinski definition) is 0. The SMILES string of the molecule is C=CC[C@H]1C=C[C@H]2O[C@@H](CCOC(C)=O)C(=O)CC[C@@H]2O1. The Bertz CT molecular complexity index is 428. The highest BCUT2D eigenvalue weighted by molar-refractivity contribution is 5.83. The molecule has 0 unspecified atom stereocenters. The molecule has 2 rings (SSSR count). The van der Waals surface area contributed by atoms with E-state index in [1.54, 1.807) is 0 Å². The van der Waals surface area contributed by atoms with Crippen LogP contribution in [0.15, 0.2) is 24.8 Å². The first-order chi connectivity index (χ1) is 10.1. The fraction of sp³-hybridized carbons (Fsp3) is 0.625. The van der Waals surface area contributed by atoms with Crippen molar-refractivity contribution in [2.45, 2.75) is 57.0 Å². The van der Waals surface area contributed by atoms with Crippen LogP contribution in [-0.4, -0.2) is 42.8 Å². The van der Waals surface area contributed by atoms with Gasteiger partial charge in [0.15, 0.2) is 5.78 Å². The molecule has 21 heavy (non-hydrogen) atoms. The van der Waals surface area contributed by atoms with Crippen LogP contribution in [0.25, 0.3) is 0 Å². The molecule has 0 radical (unpaired) electrons. The van der Waals surface area contributed by atoms with Crippen LogP contribution in [0.4, 0.5) is 0 Å². The highest BCUT2D eigenvalue weighted by atomic mass is 16.6. The number of fused-ring (bicyclic) bond motifs is 1. The van der Waals surface area contributed by atoms with Gasteiger partial charge in [-0.2, -0.15) is 0 Å². The zero-order valence-electron chi connectivity index (χ0n) is 12.3. The lowest BCUT2D eigenvalue weighted by atomic mass is 10.0. The molecular weight excluding hydrogens is 272 g/mol. The number of Topliss-reactive ketones (excluding diaryl/α,β-unsaturated/α-hetero) is 1. The zero-order valence-corrected chi connectivity index (χ0v) is 12.3. The minimum atomic E-state index is -0.524.